The van der Waals surface area contributed by atoms with E-state index in [1.807, 2.05) is 28.9 Å². The van der Waals surface area contributed by atoms with Crippen LogP contribution in [0.5, 0.6) is 0 Å². The second-order valence-corrected chi connectivity index (χ2v) is 4.06. The number of hydrogen-bond donors (Lipinski definition) is 1. The number of halogens is 3. The Bertz CT molecular complexity index is 256. The normalized spacial score (nSPS) is 9.73. The number of rotatable bonds is 1. The zero-order valence-corrected chi connectivity index (χ0v) is 10.4. The highest BCUT2D eigenvalue weighted by Gasteiger charge is 2.03. The molecular weight excluding hydrogens is 386 g/mol. The smallest absolute Gasteiger partial charge is 0.113 e. The molecular formula is C6H3BClI2N. The molecule has 0 aliphatic rings. The SMILES string of the molecule is [B]c1cc(Cl)c(NI)c(I)c1. The molecule has 2 radical (unpaired) electrons. The van der Waals surface area contributed by atoms with Crippen molar-refractivity contribution in [2.24, 2.45) is 0 Å². The molecule has 1 aromatic rings. The fraction of sp³-hybridized carbons (Fsp3) is 0. The van der Waals surface area contributed by atoms with Crippen molar-refractivity contribution in [1.29, 1.82) is 0 Å². The lowest BCUT2D eigenvalue weighted by atomic mass is 9.96. The largest absolute Gasteiger partial charge is 0.326 e. The molecule has 0 spiro atoms. The Labute approximate surface area is 99.3 Å². The van der Waals surface area contributed by atoms with Crippen LogP contribution in [0.15, 0.2) is 12.1 Å². The fourth-order valence-electron chi connectivity index (χ4n) is 0.683. The van der Waals surface area contributed by atoms with Gasteiger partial charge in [0.15, 0.2) is 0 Å². The Morgan fingerprint density at radius 3 is 2.55 bits per heavy atom. The zero-order valence-electron chi connectivity index (χ0n) is 5.37. The molecule has 0 atom stereocenters. The third-order valence-corrected chi connectivity index (χ3v) is 2.85. The topological polar surface area (TPSA) is 12.0 Å². The first-order valence-corrected chi connectivity index (χ1v) is 5.30. The van der Waals surface area contributed by atoms with E-state index < -0.39 is 0 Å². The predicted octanol–water partition coefficient (Wildman–Crippen LogP) is 2.50. The van der Waals surface area contributed by atoms with Gasteiger partial charge in [-0.3, -0.25) is 0 Å². The van der Waals surface area contributed by atoms with Crippen LogP contribution in [0.2, 0.25) is 5.02 Å². The maximum absolute atomic E-state index is 5.88. The van der Waals surface area contributed by atoms with Crippen LogP contribution in [0.1, 0.15) is 0 Å². The lowest BCUT2D eigenvalue weighted by Crippen LogP contribution is -2.03. The van der Waals surface area contributed by atoms with E-state index in [4.69, 9.17) is 19.4 Å². The van der Waals surface area contributed by atoms with Gasteiger partial charge in [0, 0.05) is 3.57 Å². The van der Waals surface area contributed by atoms with Gasteiger partial charge in [-0.25, -0.2) is 0 Å². The van der Waals surface area contributed by atoms with Gasteiger partial charge in [0.25, 0.3) is 0 Å². The third-order valence-electron chi connectivity index (χ3n) is 1.16. The Hall–Kier alpha value is 0.835. The molecule has 0 amide bonds. The van der Waals surface area contributed by atoms with Crippen LogP contribution in [0.4, 0.5) is 5.69 Å². The van der Waals surface area contributed by atoms with Gasteiger partial charge in [0.2, 0.25) is 0 Å². The zero-order chi connectivity index (χ0) is 8.43. The molecule has 0 unspecified atom stereocenters. The van der Waals surface area contributed by atoms with Gasteiger partial charge in [0.05, 0.1) is 33.6 Å². The summed E-state index contributed by atoms with van der Waals surface area (Å²) in [4.78, 5) is 0. The van der Waals surface area contributed by atoms with Crippen molar-refractivity contribution in [3.05, 3.63) is 20.7 Å². The van der Waals surface area contributed by atoms with E-state index in [2.05, 4.69) is 26.1 Å². The van der Waals surface area contributed by atoms with Crippen LogP contribution in [0, 0.1) is 3.57 Å². The molecule has 1 N–H and O–H groups in total. The molecule has 0 aromatic heterocycles. The van der Waals surface area contributed by atoms with Crippen molar-refractivity contribution in [2.75, 3.05) is 3.53 Å². The molecule has 0 fully saturated rings. The summed E-state index contributed by atoms with van der Waals surface area (Å²) in [6.45, 7) is 0. The van der Waals surface area contributed by atoms with Gasteiger partial charge >= 0.3 is 0 Å². The van der Waals surface area contributed by atoms with Crippen molar-refractivity contribution in [3.8, 4) is 0 Å². The first-order chi connectivity index (χ1) is 5.15. The van der Waals surface area contributed by atoms with Gasteiger partial charge in [0.1, 0.15) is 7.85 Å². The second-order valence-electron chi connectivity index (χ2n) is 1.95. The predicted molar refractivity (Wildman–Crippen MR) is 67.2 cm³/mol. The average molecular weight is 389 g/mol. The molecule has 56 valence electrons. The highest BCUT2D eigenvalue weighted by atomic mass is 127. The summed E-state index contributed by atoms with van der Waals surface area (Å²) in [5, 5.41) is 0.656. The van der Waals surface area contributed by atoms with Crippen LogP contribution in [0.25, 0.3) is 0 Å². The number of benzene rings is 1. The summed E-state index contributed by atoms with van der Waals surface area (Å²) in [7, 11) is 5.56. The molecule has 5 heteroatoms. The number of hydrogen-bond acceptors (Lipinski definition) is 1. The third kappa shape index (κ3) is 2.38. The molecule has 0 heterocycles. The minimum Gasteiger partial charge on any atom is -0.326 e. The summed E-state index contributed by atoms with van der Waals surface area (Å²) in [6, 6.07) is 3.60. The first kappa shape index (κ1) is 9.92. The van der Waals surface area contributed by atoms with Crippen LogP contribution in [-0.2, 0) is 0 Å². The van der Waals surface area contributed by atoms with Crippen molar-refractivity contribution in [3.63, 3.8) is 0 Å². The molecule has 0 aliphatic carbocycles. The maximum atomic E-state index is 5.88. The van der Waals surface area contributed by atoms with E-state index in [0.717, 1.165) is 9.26 Å². The van der Waals surface area contributed by atoms with Gasteiger partial charge in [-0.2, -0.15) is 0 Å². The minimum absolute atomic E-state index is 0.656. The van der Waals surface area contributed by atoms with Gasteiger partial charge in [-0.15, -0.1) is 0 Å². The van der Waals surface area contributed by atoms with Gasteiger partial charge in [-0.1, -0.05) is 23.1 Å². The molecule has 1 rings (SSSR count). The maximum Gasteiger partial charge on any atom is 0.113 e. The molecule has 0 saturated heterocycles. The lowest BCUT2D eigenvalue weighted by molar-refractivity contribution is 1.68. The Morgan fingerprint density at radius 1 is 1.45 bits per heavy atom. The van der Waals surface area contributed by atoms with Gasteiger partial charge < -0.3 is 3.53 Å². The lowest BCUT2D eigenvalue weighted by Gasteiger charge is -2.05. The van der Waals surface area contributed by atoms with E-state index in [1.165, 1.54) is 0 Å². The van der Waals surface area contributed by atoms with Crippen LogP contribution < -0.4 is 8.99 Å². The highest BCUT2D eigenvalue weighted by molar-refractivity contribution is 14.1. The first-order valence-electron chi connectivity index (χ1n) is 2.76. The molecule has 0 saturated carbocycles. The highest BCUT2D eigenvalue weighted by Crippen LogP contribution is 2.26. The van der Waals surface area contributed by atoms with Crippen LogP contribution >= 0.6 is 57.1 Å². The van der Waals surface area contributed by atoms with E-state index in [9.17, 15) is 0 Å². The van der Waals surface area contributed by atoms with Crippen molar-refractivity contribution < 1.29 is 0 Å². The summed E-state index contributed by atoms with van der Waals surface area (Å²) >= 11 is 10.1. The summed E-state index contributed by atoms with van der Waals surface area (Å²) < 4.78 is 4.00. The molecule has 11 heavy (non-hydrogen) atoms. The fourth-order valence-corrected chi connectivity index (χ4v) is 3.16. The molecule has 0 bridgehead atoms. The van der Waals surface area contributed by atoms with Crippen LogP contribution in [0.3, 0.4) is 0 Å². The minimum atomic E-state index is 0.656. The monoisotopic (exact) mass is 389 g/mol. The molecule has 1 aromatic carbocycles. The number of anilines is 1. The summed E-state index contributed by atoms with van der Waals surface area (Å²) in [6.07, 6.45) is 0. The molecule has 1 nitrogen and oxygen atoms in total. The Kier molecular flexibility index (Phi) is 3.77. The standard InChI is InChI=1S/C6H3BClI2N/c7-3-1-4(8)6(11-10)5(9)2-3/h1-2,11H. The Balaban J connectivity index is 3.25. The Morgan fingerprint density at radius 2 is 2.09 bits per heavy atom. The van der Waals surface area contributed by atoms with Crippen LogP contribution in [-0.4, -0.2) is 7.85 Å². The summed E-state index contributed by atoms with van der Waals surface area (Å²) in [5.74, 6) is 0. The quantitative estimate of drug-likeness (QED) is 0.442. The van der Waals surface area contributed by atoms with Crippen molar-refractivity contribution >= 4 is 76.1 Å². The summed E-state index contributed by atoms with van der Waals surface area (Å²) in [5.41, 5.74) is 1.61. The average Bonchev–Trinajstić information content (AvgIpc) is 1.85. The van der Waals surface area contributed by atoms with Crippen molar-refractivity contribution in [2.45, 2.75) is 0 Å². The van der Waals surface area contributed by atoms with E-state index >= 15 is 0 Å². The van der Waals surface area contributed by atoms with E-state index in [-0.39, 0.29) is 0 Å². The molecule has 0 aliphatic heterocycles. The van der Waals surface area contributed by atoms with Gasteiger partial charge in [-0.05, 0) is 28.7 Å². The van der Waals surface area contributed by atoms with Crippen molar-refractivity contribution in [1.82, 2.24) is 0 Å². The second kappa shape index (κ2) is 4.18. The van der Waals surface area contributed by atoms with E-state index in [0.29, 0.717) is 10.5 Å². The number of nitrogens with one attached hydrogen (secondary N) is 1. The van der Waals surface area contributed by atoms with E-state index in [1.54, 1.807) is 6.07 Å².